The van der Waals surface area contributed by atoms with E-state index in [0.29, 0.717) is 13.2 Å². The molecule has 0 aliphatic heterocycles. The minimum Gasteiger partial charge on any atom is -0.497 e. The van der Waals surface area contributed by atoms with Crippen molar-refractivity contribution < 1.29 is 14.2 Å². The lowest BCUT2D eigenvalue weighted by Crippen LogP contribution is -2.12. The summed E-state index contributed by atoms with van der Waals surface area (Å²) in [5.74, 6) is 2.42. The molecule has 3 rings (SSSR count). The van der Waals surface area contributed by atoms with Gasteiger partial charge in [-0.25, -0.2) is 0 Å². The summed E-state index contributed by atoms with van der Waals surface area (Å²) in [6.07, 6.45) is 0. The molecule has 1 N–H and O–H groups in total. The van der Waals surface area contributed by atoms with Crippen LogP contribution in [0.3, 0.4) is 0 Å². The largest absolute Gasteiger partial charge is 0.497 e. The van der Waals surface area contributed by atoms with E-state index in [2.05, 4.69) is 60.8 Å². The highest BCUT2D eigenvalue weighted by Gasteiger charge is 2.07. The molecule has 0 saturated carbocycles. The lowest BCUT2D eigenvalue weighted by molar-refractivity contribution is 0.269. The van der Waals surface area contributed by atoms with Crippen LogP contribution in [0.5, 0.6) is 17.2 Å². The number of methoxy groups -OCH3 is 1. The van der Waals surface area contributed by atoms with Crippen molar-refractivity contribution in [2.75, 3.05) is 13.7 Å². The lowest BCUT2D eigenvalue weighted by atomic mass is 10.1. The average Bonchev–Trinajstić information content (AvgIpc) is 2.75. The maximum Gasteiger partial charge on any atom is 0.161 e. The van der Waals surface area contributed by atoms with Crippen LogP contribution >= 0.6 is 12.4 Å². The summed E-state index contributed by atoms with van der Waals surface area (Å²) in [7, 11) is 1.68. The van der Waals surface area contributed by atoms with E-state index in [1.807, 2.05) is 25.1 Å². The Hall–Kier alpha value is -2.69. The van der Waals surface area contributed by atoms with Crippen molar-refractivity contribution in [3.05, 3.63) is 89.0 Å². The fourth-order valence-corrected chi connectivity index (χ4v) is 2.99. The molecular formula is C25H30ClNO3. The number of nitrogens with one attached hydrogen (secondary N) is 1. The van der Waals surface area contributed by atoms with E-state index < -0.39 is 0 Å². The highest BCUT2D eigenvalue weighted by Crippen LogP contribution is 2.29. The Morgan fingerprint density at radius 1 is 0.733 bits per heavy atom. The van der Waals surface area contributed by atoms with Gasteiger partial charge in [-0.05, 0) is 54.8 Å². The zero-order valence-electron chi connectivity index (χ0n) is 17.8. The first-order valence-electron chi connectivity index (χ1n) is 9.95. The summed E-state index contributed by atoms with van der Waals surface area (Å²) in [6.45, 7) is 6.74. The van der Waals surface area contributed by atoms with Gasteiger partial charge in [-0.3, -0.25) is 0 Å². The summed E-state index contributed by atoms with van der Waals surface area (Å²) >= 11 is 0. The second-order valence-electron chi connectivity index (χ2n) is 6.94. The van der Waals surface area contributed by atoms with Gasteiger partial charge in [0.05, 0.1) is 13.7 Å². The van der Waals surface area contributed by atoms with E-state index in [0.717, 1.165) is 41.5 Å². The molecule has 0 aliphatic rings. The Kier molecular flexibility index (Phi) is 9.52. The van der Waals surface area contributed by atoms with Crippen molar-refractivity contribution in [2.45, 2.75) is 33.5 Å². The van der Waals surface area contributed by atoms with Crippen LogP contribution in [-0.4, -0.2) is 13.7 Å². The highest BCUT2D eigenvalue weighted by atomic mass is 35.5. The quantitative estimate of drug-likeness (QED) is 0.451. The van der Waals surface area contributed by atoms with Crippen LogP contribution in [0, 0.1) is 6.92 Å². The maximum absolute atomic E-state index is 6.01. The van der Waals surface area contributed by atoms with Gasteiger partial charge in [0, 0.05) is 13.1 Å². The summed E-state index contributed by atoms with van der Waals surface area (Å²) in [6, 6.07) is 22.6. The maximum atomic E-state index is 6.01. The fraction of sp³-hybridized carbons (Fsp3) is 0.280. The molecule has 0 fully saturated rings. The van der Waals surface area contributed by atoms with Crippen molar-refractivity contribution in [1.82, 2.24) is 5.32 Å². The number of hydrogen-bond donors (Lipinski definition) is 1. The van der Waals surface area contributed by atoms with Crippen molar-refractivity contribution in [2.24, 2.45) is 0 Å². The van der Waals surface area contributed by atoms with Gasteiger partial charge in [-0.2, -0.15) is 0 Å². The molecule has 0 amide bonds. The number of benzene rings is 3. The van der Waals surface area contributed by atoms with Gasteiger partial charge < -0.3 is 19.5 Å². The molecule has 0 aliphatic carbocycles. The van der Waals surface area contributed by atoms with Crippen LogP contribution in [0.25, 0.3) is 0 Å². The van der Waals surface area contributed by atoms with Crippen molar-refractivity contribution in [3.8, 4) is 17.2 Å². The van der Waals surface area contributed by atoms with Gasteiger partial charge in [0.25, 0.3) is 0 Å². The molecule has 30 heavy (non-hydrogen) atoms. The number of halogens is 1. The van der Waals surface area contributed by atoms with Crippen LogP contribution < -0.4 is 19.5 Å². The van der Waals surface area contributed by atoms with Crippen molar-refractivity contribution >= 4 is 12.4 Å². The molecular weight excluding hydrogens is 398 g/mol. The van der Waals surface area contributed by atoms with E-state index in [4.69, 9.17) is 14.2 Å². The standard InChI is InChI=1S/C25H29NO3.ClH/c1-4-28-25-15-22(17-26-16-20-9-12-23(27-3)13-10-20)11-14-24(25)29-18-21-7-5-19(2)6-8-21;/h5-15,26H,4,16-18H2,1-3H3;1H. The zero-order chi connectivity index (χ0) is 20.5. The molecule has 0 atom stereocenters. The molecule has 3 aromatic rings. The van der Waals surface area contributed by atoms with E-state index in [1.165, 1.54) is 11.1 Å². The van der Waals surface area contributed by atoms with Crippen LogP contribution in [0.2, 0.25) is 0 Å². The Morgan fingerprint density at radius 2 is 1.37 bits per heavy atom. The molecule has 160 valence electrons. The third kappa shape index (κ3) is 6.97. The van der Waals surface area contributed by atoms with Gasteiger partial charge in [0.15, 0.2) is 11.5 Å². The Labute approximate surface area is 185 Å². The molecule has 0 bridgehead atoms. The first-order chi connectivity index (χ1) is 14.2. The first-order valence-corrected chi connectivity index (χ1v) is 9.95. The van der Waals surface area contributed by atoms with Crippen molar-refractivity contribution in [1.29, 1.82) is 0 Å². The molecule has 0 saturated heterocycles. The molecule has 0 unspecified atom stereocenters. The van der Waals surface area contributed by atoms with E-state index >= 15 is 0 Å². The number of aryl methyl sites for hydroxylation is 1. The van der Waals surface area contributed by atoms with Gasteiger partial charge >= 0.3 is 0 Å². The lowest BCUT2D eigenvalue weighted by Gasteiger charge is -2.14. The third-order valence-corrected chi connectivity index (χ3v) is 4.64. The van der Waals surface area contributed by atoms with Gasteiger partial charge in [-0.15, -0.1) is 12.4 Å². The van der Waals surface area contributed by atoms with Crippen LogP contribution in [0.1, 0.15) is 29.2 Å². The molecule has 0 aromatic heterocycles. The predicted molar refractivity (Wildman–Crippen MR) is 124 cm³/mol. The molecule has 4 nitrogen and oxygen atoms in total. The molecule has 0 spiro atoms. The minimum absolute atomic E-state index is 0. The summed E-state index contributed by atoms with van der Waals surface area (Å²) < 4.78 is 17.0. The van der Waals surface area contributed by atoms with Crippen LogP contribution in [0.15, 0.2) is 66.7 Å². The number of hydrogen-bond acceptors (Lipinski definition) is 4. The molecule has 5 heteroatoms. The van der Waals surface area contributed by atoms with Crippen LogP contribution in [-0.2, 0) is 19.7 Å². The second kappa shape index (κ2) is 12.1. The zero-order valence-corrected chi connectivity index (χ0v) is 18.6. The minimum atomic E-state index is 0. The van der Waals surface area contributed by atoms with E-state index in [9.17, 15) is 0 Å². The highest BCUT2D eigenvalue weighted by molar-refractivity contribution is 5.85. The SMILES string of the molecule is CCOc1cc(CNCc2ccc(OC)cc2)ccc1OCc1ccc(C)cc1.Cl. The van der Waals surface area contributed by atoms with Gasteiger partial charge in [0.2, 0.25) is 0 Å². The average molecular weight is 428 g/mol. The van der Waals surface area contributed by atoms with Crippen LogP contribution in [0.4, 0.5) is 0 Å². The monoisotopic (exact) mass is 427 g/mol. The Balaban J connectivity index is 0.00000320. The van der Waals surface area contributed by atoms with Crippen molar-refractivity contribution in [3.63, 3.8) is 0 Å². The molecule has 0 heterocycles. The molecule has 0 radical (unpaired) electrons. The number of ether oxygens (including phenoxy) is 3. The topological polar surface area (TPSA) is 39.7 Å². The summed E-state index contributed by atoms with van der Waals surface area (Å²) in [5, 5.41) is 3.47. The van der Waals surface area contributed by atoms with Gasteiger partial charge in [-0.1, -0.05) is 48.0 Å². The third-order valence-electron chi connectivity index (χ3n) is 4.64. The number of rotatable bonds is 10. The van der Waals surface area contributed by atoms with E-state index in [-0.39, 0.29) is 12.4 Å². The Morgan fingerprint density at radius 3 is 2.03 bits per heavy atom. The summed E-state index contributed by atoms with van der Waals surface area (Å²) in [5.41, 5.74) is 4.76. The smallest absolute Gasteiger partial charge is 0.161 e. The molecule has 3 aromatic carbocycles. The normalized spacial score (nSPS) is 10.2. The fourth-order valence-electron chi connectivity index (χ4n) is 2.99. The first kappa shape index (κ1) is 23.6. The Bertz CT molecular complexity index is 895. The van der Waals surface area contributed by atoms with Gasteiger partial charge in [0.1, 0.15) is 12.4 Å². The summed E-state index contributed by atoms with van der Waals surface area (Å²) in [4.78, 5) is 0. The second-order valence-corrected chi connectivity index (χ2v) is 6.94. The van der Waals surface area contributed by atoms with E-state index in [1.54, 1.807) is 7.11 Å². The predicted octanol–water partition coefficient (Wildman–Crippen LogP) is 5.69.